The van der Waals surface area contributed by atoms with E-state index < -0.39 is 6.10 Å². The largest absolute Gasteiger partial charge is 0.481 e. The summed E-state index contributed by atoms with van der Waals surface area (Å²) in [6.45, 7) is 8.83. The SMILES string of the molecule is CC[C@@H](Oc1ccccc1)C(=O)Nc1sc2c(c1C#N)CC[C@H](C(C)(C)CC)C2. The Morgan fingerprint density at radius 1 is 1.34 bits per heavy atom. The van der Waals surface area contributed by atoms with E-state index in [2.05, 4.69) is 32.2 Å². The average molecular weight is 411 g/mol. The smallest absolute Gasteiger partial charge is 0.266 e. The van der Waals surface area contributed by atoms with E-state index in [1.54, 1.807) is 11.3 Å². The molecule has 0 saturated heterocycles. The zero-order valence-electron chi connectivity index (χ0n) is 17.7. The monoisotopic (exact) mass is 410 g/mol. The number of anilines is 1. The standard InChI is InChI=1S/C24H30N2O2S/c1-5-20(28-17-10-8-7-9-11-17)22(27)26-23-19(15-25)18-13-12-16(14-21(18)29-23)24(3,4)6-2/h7-11,16,20H,5-6,12-14H2,1-4H3,(H,26,27)/t16-,20+/m0/s1. The van der Waals surface area contributed by atoms with Gasteiger partial charge in [-0.15, -0.1) is 11.3 Å². The highest BCUT2D eigenvalue weighted by Gasteiger charge is 2.34. The van der Waals surface area contributed by atoms with Gasteiger partial charge in [-0.25, -0.2) is 0 Å². The summed E-state index contributed by atoms with van der Waals surface area (Å²) in [5, 5.41) is 13.4. The van der Waals surface area contributed by atoms with E-state index in [1.807, 2.05) is 37.3 Å². The van der Waals surface area contributed by atoms with Crippen molar-refractivity contribution in [1.82, 2.24) is 0 Å². The van der Waals surface area contributed by atoms with Gasteiger partial charge in [0.25, 0.3) is 5.91 Å². The number of benzene rings is 1. The maximum atomic E-state index is 12.9. The summed E-state index contributed by atoms with van der Waals surface area (Å²) in [5.41, 5.74) is 2.06. The molecule has 2 atom stereocenters. The molecular weight excluding hydrogens is 380 g/mol. The molecule has 0 unspecified atom stereocenters. The normalized spacial score (nSPS) is 17.1. The second-order valence-corrected chi connectivity index (χ2v) is 9.52. The van der Waals surface area contributed by atoms with Gasteiger partial charge in [0.1, 0.15) is 16.8 Å². The maximum absolute atomic E-state index is 12.9. The van der Waals surface area contributed by atoms with Gasteiger partial charge in [0.2, 0.25) is 0 Å². The lowest BCUT2D eigenvalue weighted by atomic mass is 9.69. The molecule has 1 N–H and O–H groups in total. The van der Waals surface area contributed by atoms with E-state index in [-0.39, 0.29) is 11.3 Å². The number of thiophene rings is 1. The van der Waals surface area contributed by atoms with Crippen molar-refractivity contribution in [2.45, 2.75) is 65.9 Å². The summed E-state index contributed by atoms with van der Waals surface area (Å²) in [5.74, 6) is 1.08. The molecule has 1 aliphatic carbocycles. The molecule has 1 heterocycles. The van der Waals surface area contributed by atoms with E-state index in [0.717, 1.165) is 31.2 Å². The second-order valence-electron chi connectivity index (χ2n) is 8.42. The summed E-state index contributed by atoms with van der Waals surface area (Å²) < 4.78 is 5.86. The van der Waals surface area contributed by atoms with Crippen molar-refractivity contribution in [2.75, 3.05) is 5.32 Å². The Labute approximate surface area is 177 Å². The van der Waals surface area contributed by atoms with Crippen LogP contribution in [0.5, 0.6) is 5.75 Å². The minimum Gasteiger partial charge on any atom is -0.481 e. The number of ether oxygens (including phenoxy) is 1. The van der Waals surface area contributed by atoms with Crippen LogP contribution in [0.3, 0.4) is 0 Å². The summed E-state index contributed by atoms with van der Waals surface area (Å²) in [6.07, 6.45) is 4.11. The number of nitrogens with one attached hydrogen (secondary N) is 1. The fourth-order valence-corrected chi connectivity index (χ4v) is 5.21. The third-order valence-corrected chi connectivity index (χ3v) is 7.48. The Balaban J connectivity index is 1.78. The Morgan fingerprint density at radius 3 is 2.69 bits per heavy atom. The summed E-state index contributed by atoms with van der Waals surface area (Å²) >= 11 is 1.57. The van der Waals surface area contributed by atoms with Crippen LogP contribution in [0.4, 0.5) is 5.00 Å². The van der Waals surface area contributed by atoms with Gasteiger partial charge in [-0.05, 0) is 54.7 Å². The lowest BCUT2D eigenvalue weighted by Crippen LogP contribution is -2.32. The second kappa shape index (κ2) is 9.00. The van der Waals surface area contributed by atoms with Crippen LogP contribution in [0.15, 0.2) is 30.3 Å². The summed E-state index contributed by atoms with van der Waals surface area (Å²) in [6, 6.07) is 11.7. The first-order chi connectivity index (χ1) is 13.9. The molecule has 4 nitrogen and oxygen atoms in total. The Morgan fingerprint density at radius 2 is 2.07 bits per heavy atom. The van der Waals surface area contributed by atoms with Gasteiger partial charge in [0.05, 0.1) is 5.56 Å². The van der Waals surface area contributed by atoms with Crippen LogP contribution in [-0.4, -0.2) is 12.0 Å². The molecule has 1 aliphatic rings. The molecule has 5 heteroatoms. The van der Waals surface area contributed by atoms with Gasteiger partial charge >= 0.3 is 0 Å². The van der Waals surface area contributed by atoms with Crippen LogP contribution >= 0.6 is 11.3 Å². The van der Waals surface area contributed by atoms with Gasteiger partial charge < -0.3 is 10.1 Å². The molecule has 1 aromatic heterocycles. The number of hydrogen-bond donors (Lipinski definition) is 1. The minimum atomic E-state index is -0.588. The van der Waals surface area contributed by atoms with Gasteiger partial charge in [0, 0.05) is 4.88 Å². The number of nitrogens with zero attached hydrogens (tertiary/aromatic N) is 1. The van der Waals surface area contributed by atoms with Gasteiger partial charge in [-0.2, -0.15) is 5.26 Å². The lowest BCUT2D eigenvalue weighted by molar-refractivity contribution is -0.122. The fraction of sp³-hybridized carbons (Fsp3) is 0.500. The number of carbonyl (C=O) groups excluding carboxylic acids is 1. The van der Waals surface area contributed by atoms with Gasteiger partial charge in [-0.3, -0.25) is 4.79 Å². The first-order valence-corrected chi connectivity index (χ1v) is 11.3. The molecule has 1 aromatic carbocycles. The third-order valence-electron chi connectivity index (χ3n) is 6.31. The number of amides is 1. The average Bonchev–Trinajstić information content (AvgIpc) is 3.08. The molecule has 0 saturated carbocycles. The van der Waals surface area contributed by atoms with Crippen LogP contribution in [0.25, 0.3) is 0 Å². The Kier molecular flexibility index (Phi) is 6.64. The number of carbonyl (C=O) groups is 1. The van der Waals surface area contributed by atoms with Crippen molar-refractivity contribution in [1.29, 1.82) is 5.26 Å². The number of fused-ring (bicyclic) bond motifs is 1. The molecule has 0 aliphatic heterocycles. The molecule has 0 spiro atoms. The van der Waals surface area contributed by atoms with Crippen LogP contribution in [-0.2, 0) is 17.6 Å². The van der Waals surface area contributed by atoms with Crippen LogP contribution in [0.2, 0.25) is 0 Å². The zero-order valence-corrected chi connectivity index (χ0v) is 18.6. The molecular formula is C24H30N2O2S. The molecule has 1 amide bonds. The number of hydrogen-bond acceptors (Lipinski definition) is 4. The predicted octanol–water partition coefficient (Wildman–Crippen LogP) is 5.96. The van der Waals surface area contributed by atoms with Crippen LogP contribution < -0.4 is 10.1 Å². The Hall–Kier alpha value is -2.32. The van der Waals surface area contributed by atoms with E-state index in [4.69, 9.17) is 4.74 Å². The molecule has 154 valence electrons. The van der Waals surface area contributed by atoms with Crippen molar-refractivity contribution in [3.63, 3.8) is 0 Å². The van der Waals surface area contributed by atoms with E-state index >= 15 is 0 Å². The molecule has 3 rings (SSSR count). The maximum Gasteiger partial charge on any atom is 0.266 e. The lowest BCUT2D eigenvalue weighted by Gasteiger charge is -2.36. The predicted molar refractivity (Wildman–Crippen MR) is 118 cm³/mol. The van der Waals surface area contributed by atoms with E-state index in [0.29, 0.717) is 28.7 Å². The summed E-state index contributed by atoms with van der Waals surface area (Å²) in [7, 11) is 0. The number of nitriles is 1. The van der Waals surface area contributed by atoms with Crippen molar-refractivity contribution in [3.05, 3.63) is 46.3 Å². The van der Waals surface area contributed by atoms with Crippen molar-refractivity contribution < 1.29 is 9.53 Å². The van der Waals surface area contributed by atoms with E-state index in [1.165, 1.54) is 4.88 Å². The van der Waals surface area contributed by atoms with E-state index in [9.17, 15) is 10.1 Å². The molecule has 0 radical (unpaired) electrons. The van der Waals surface area contributed by atoms with Gasteiger partial charge in [-0.1, -0.05) is 52.3 Å². The fourth-order valence-electron chi connectivity index (χ4n) is 3.93. The highest BCUT2D eigenvalue weighted by atomic mass is 32.1. The molecule has 0 bridgehead atoms. The molecule has 0 fully saturated rings. The number of para-hydroxylation sites is 1. The van der Waals surface area contributed by atoms with Crippen LogP contribution in [0.1, 0.15) is 63.0 Å². The van der Waals surface area contributed by atoms with Gasteiger partial charge in [0.15, 0.2) is 6.10 Å². The highest BCUT2D eigenvalue weighted by molar-refractivity contribution is 7.16. The highest BCUT2D eigenvalue weighted by Crippen LogP contribution is 2.45. The molecule has 2 aromatic rings. The summed E-state index contributed by atoms with van der Waals surface area (Å²) in [4.78, 5) is 14.1. The van der Waals surface area contributed by atoms with Crippen LogP contribution in [0, 0.1) is 22.7 Å². The minimum absolute atomic E-state index is 0.197. The first kappa shape index (κ1) is 21.4. The molecule has 29 heavy (non-hydrogen) atoms. The van der Waals surface area contributed by atoms with Crippen molar-refractivity contribution in [2.24, 2.45) is 11.3 Å². The third kappa shape index (κ3) is 4.64. The van der Waals surface area contributed by atoms with Crippen molar-refractivity contribution >= 4 is 22.2 Å². The topological polar surface area (TPSA) is 62.1 Å². The van der Waals surface area contributed by atoms with Crippen molar-refractivity contribution in [3.8, 4) is 11.8 Å². The Bertz CT molecular complexity index is 896. The zero-order chi connectivity index (χ0) is 21.0. The quantitative estimate of drug-likeness (QED) is 0.613. The first-order valence-electron chi connectivity index (χ1n) is 10.5. The number of rotatable bonds is 7.